The van der Waals surface area contributed by atoms with Crippen molar-refractivity contribution in [2.24, 2.45) is 0 Å². The first-order valence-corrected chi connectivity index (χ1v) is 12.2. The maximum atomic E-state index is 15.7. The van der Waals surface area contributed by atoms with Crippen LogP contribution < -0.4 is 11.1 Å². The minimum Gasteiger partial charge on any atom is -0.383 e. The second-order valence-corrected chi connectivity index (χ2v) is 9.81. The lowest BCUT2D eigenvalue weighted by molar-refractivity contribution is 0.0427. The highest BCUT2D eigenvalue weighted by atomic mass is 19.1. The molecule has 1 saturated heterocycles. The Kier molecular flexibility index (Phi) is 6.05. The smallest absolute Gasteiger partial charge is 0.251 e. The summed E-state index contributed by atoms with van der Waals surface area (Å²) in [6.45, 7) is 6.28. The van der Waals surface area contributed by atoms with Gasteiger partial charge in [-0.15, -0.1) is 0 Å². The molecule has 0 saturated carbocycles. The maximum absolute atomic E-state index is 15.7. The first kappa shape index (κ1) is 23.4. The molecule has 0 bridgehead atoms. The summed E-state index contributed by atoms with van der Waals surface area (Å²) in [5, 5.41) is 2.83. The molecule has 3 N–H and O–H groups in total. The number of rotatable bonds is 4. The summed E-state index contributed by atoms with van der Waals surface area (Å²) in [4.78, 5) is 18.3. The third-order valence-corrected chi connectivity index (χ3v) is 7.38. The van der Waals surface area contributed by atoms with Crippen molar-refractivity contribution in [2.75, 3.05) is 25.4 Å². The number of nitrogens with one attached hydrogen (secondary N) is 1. The molecule has 2 aliphatic rings. The molecule has 35 heavy (non-hydrogen) atoms. The summed E-state index contributed by atoms with van der Waals surface area (Å²) >= 11 is 0. The van der Waals surface area contributed by atoms with Crippen molar-refractivity contribution in [3.8, 4) is 22.3 Å². The molecule has 0 radical (unpaired) electrons. The fourth-order valence-electron chi connectivity index (χ4n) is 5.17. The van der Waals surface area contributed by atoms with E-state index in [1.807, 2.05) is 6.07 Å². The number of nitrogens with two attached hydrogens (primary N) is 1. The molecule has 1 amide bonds. The van der Waals surface area contributed by atoms with Crippen molar-refractivity contribution in [1.29, 1.82) is 0 Å². The SMILES string of the molecule is CC(C)N1CCC(F)(c2ccc(-c3cc(-c4ccc5c(c4)CCNC5=O)c(N)nc3F)cc2)CC1. The van der Waals surface area contributed by atoms with E-state index in [4.69, 9.17) is 5.73 Å². The Morgan fingerprint density at radius 1 is 1.00 bits per heavy atom. The molecule has 1 aromatic heterocycles. The highest BCUT2D eigenvalue weighted by molar-refractivity contribution is 5.97. The lowest BCUT2D eigenvalue weighted by Gasteiger charge is -2.38. The second kappa shape index (κ2) is 9.04. The molecule has 2 aliphatic heterocycles. The first-order chi connectivity index (χ1) is 16.7. The van der Waals surface area contributed by atoms with Gasteiger partial charge in [0.25, 0.3) is 5.91 Å². The molecular formula is C28H30F2N4O. The van der Waals surface area contributed by atoms with E-state index in [1.165, 1.54) is 0 Å². The monoisotopic (exact) mass is 476 g/mol. The topological polar surface area (TPSA) is 71.2 Å². The number of likely N-dealkylation sites (tertiary alicyclic amines) is 1. The zero-order valence-corrected chi connectivity index (χ0v) is 20.1. The van der Waals surface area contributed by atoms with Crippen LogP contribution in [0.3, 0.4) is 0 Å². The Hall–Kier alpha value is -3.32. The van der Waals surface area contributed by atoms with Crippen LogP contribution in [0.2, 0.25) is 0 Å². The zero-order chi connectivity index (χ0) is 24.7. The lowest BCUT2D eigenvalue weighted by Crippen LogP contribution is -2.43. The minimum atomic E-state index is -1.37. The van der Waals surface area contributed by atoms with Crippen LogP contribution in [0.25, 0.3) is 22.3 Å². The predicted molar refractivity (Wildman–Crippen MR) is 134 cm³/mol. The van der Waals surface area contributed by atoms with Crippen molar-refractivity contribution in [1.82, 2.24) is 15.2 Å². The maximum Gasteiger partial charge on any atom is 0.251 e. The molecule has 7 heteroatoms. The number of piperidine rings is 1. The molecule has 0 spiro atoms. The lowest BCUT2D eigenvalue weighted by atomic mass is 9.85. The Bertz CT molecular complexity index is 1260. The summed E-state index contributed by atoms with van der Waals surface area (Å²) in [6.07, 6.45) is 1.61. The summed E-state index contributed by atoms with van der Waals surface area (Å²) in [6, 6.07) is 14.6. The molecule has 1 fully saturated rings. The minimum absolute atomic E-state index is 0.0858. The number of alkyl halides is 1. The molecule has 0 unspecified atom stereocenters. The standard InChI is InChI=1S/C28H30F2N4O/c1-17(2)34-13-10-28(30,11-14-34)21-6-3-18(4-7-21)23-16-24(26(31)33-25(23)29)19-5-8-22-20(15-19)9-12-32-27(22)35/h3-8,15-17H,9-14H2,1-2H3,(H2,31,33)(H,32,35). The molecule has 3 heterocycles. The van der Waals surface area contributed by atoms with Gasteiger partial charge in [-0.3, -0.25) is 4.79 Å². The first-order valence-electron chi connectivity index (χ1n) is 12.2. The Morgan fingerprint density at radius 3 is 2.37 bits per heavy atom. The van der Waals surface area contributed by atoms with Gasteiger partial charge in [-0.25, -0.2) is 9.37 Å². The number of amides is 1. The van der Waals surface area contributed by atoms with Crippen LogP contribution in [0.4, 0.5) is 14.6 Å². The zero-order valence-electron chi connectivity index (χ0n) is 20.1. The molecule has 0 aliphatic carbocycles. The van der Waals surface area contributed by atoms with Crippen LogP contribution in [0.15, 0.2) is 48.5 Å². The van der Waals surface area contributed by atoms with E-state index in [2.05, 4.69) is 29.0 Å². The van der Waals surface area contributed by atoms with Gasteiger partial charge in [0.15, 0.2) is 0 Å². The summed E-state index contributed by atoms with van der Waals surface area (Å²) in [5.74, 6) is -0.677. The van der Waals surface area contributed by atoms with Gasteiger partial charge in [0, 0.05) is 42.4 Å². The number of halogens is 2. The third-order valence-electron chi connectivity index (χ3n) is 7.38. The second-order valence-electron chi connectivity index (χ2n) is 9.81. The predicted octanol–water partition coefficient (Wildman–Crippen LogP) is 5.09. The quantitative estimate of drug-likeness (QED) is 0.515. The van der Waals surface area contributed by atoms with Gasteiger partial charge in [0.2, 0.25) is 5.95 Å². The summed E-state index contributed by atoms with van der Waals surface area (Å²) < 4.78 is 30.6. The van der Waals surface area contributed by atoms with Gasteiger partial charge in [0.05, 0.1) is 0 Å². The third kappa shape index (κ3) is 4.41. The number of nitrogen functional groups attached to an aromatic ring is 1. The van der Waals surface area contributed by atoms with Crippen LogP contribution in [0.1, 0.15) is 48.2 Å². The van der Waals surface area contributed by atoms with E-state index in [1.54, 1.807) is 42.5 Å². The van der Waals surface area contributed by atoms with E-state index in [9.17, 15) is 9.18 Å². The summed E-state index contributed by atoms with van der Waals surface area (Å²) in [5.41, 5.74) is 9.21. The Labute approximate surface area is 204 Å². The summed E-state index contributed by atoms with van der Waals surface area (Å²) in [7, 11) is 0. The van der Waals surface area contributed by atoms with Crippen molar-refractivity contribution in [3.05, 3.63) is 71.2 Å². The Balaban J connectivity index is 1.44. The van der Waals surface area contributed by atoms with Crippen molar-refractivity contribution < 1.29 is 13.6 Å². The fraction of sp³-hybridized carbons (Fsp3) is 0.357. The fourth-order valence-corrected chi connectivity index (χ4v) is 5.17. The van der Waals surface area contributed by atoms with Crippen LogP contribution >= 0.6 is 0 Å². The van der Waals surface area contributed by atoms with Crippen LogP contribution in [0, 0.1) is 5.95 Å². The number of hydrogen-bond acceptors (Lipinski definition) is 4. The van der Waals surface area contributed by atoms with E-state index in [0.29, 0.717) is 53.2 Å². The average molecular weight is 477 g/mol. The van der Waals surface area contributed by atoms with E-state index in [0.717, 1.165) is 30.6 Å². The molecule has 2 aromatic carbocycles. The van der Waals surface area contributed by atoms with E-state index < -0.39 is 11.6 Å². The van der Waals surface area contributed by atoms with E-state index >= 15 is 4.39 Å². The molecule has 182 valence electrons. The molecule has 5 rings (SSSR count). The molecule has 0 atom stereocenters. The molecular weight excluding hydrogens is 446 g/mol. The number of carbonyl (C=O) groups is 1. The van der Waals surface area contributed by atoms with Crippen LogP contribution in [0.5, 0.6) is 0 Å². The van der Waals surface area contributed by atoms with Gasteiger partial charge >= 0.3 is 0 Å². The van der Waals surface area contributed by atoms with E-state index in [-0.39, 0.29) is 11.7 Å². The van der Waals surface area contributed by atoms with Crippen LogP contribution in [-0.2, 0) is 12.1 Å². The van der Waals surface area contributed by atoms with Gasteiger partial charge < -0.3 is 16.0 Å². The highest BCUT2D eigenvalue weighted by Crippen LogP contribution is 2.39. The van der Waals surface area contributed by atoms with Gasteiger partial charge in [-0.05, 0) is 67.5 Å². The average Bonchev–Trinajstić information content (AvgIpc) is 2.84. The number of nitrogens with zero attached hydrogens (tertiary/aromatic N) is 2. The van der Waals surface area contributed by atoms with Gasteiger partial charge in [-0.1, -0.05) is 36.4 Å². The van der Waals surface area contributed by atoms with Crippen molar-refractivity contribution in [3.63, 3.8) is 0 Å². The number of fused-ring (bicyclic) bond motifs is 1. The number of aromatic nitrogens is 1. The van der Waals surface area contributed by atoms with Crippen LogP contribution in [-0.4, -0.2) is 41.5 Å². The molecule has 5 nitrogen and oxygen atoms in total. The largest absolute Gasteiger partial charge is 0.383 e. The highest BCUT2D eigenvalue weighted by Gasteiger charge is 2.36. The number of anilines is 1. The number of benzene rings is 2. The Morgan fingerprint density at radius 2 is 1.69 bits per heavy atom. The van der Waals surface area contributed by atoms with Gasteiger partial charge in [-0.2, -0.15) is 4.39 Å². The van der Waals surface area contributed by atoms with Crippen molar-refractivity contribution >= 4 is 11.7 Å². The normalized spacial score (nSPS) is 17.8. The number of carbonyl (C=O) groups excluding carboxylic acids is 1. The van der Waals surface area contributed by atoms with Crippen molar-refractivity contribution in [2.45, 2.75) is 44.8 Å². The molecule has 3 aromatic rings. The number of pyridine rings is 1. The van der Waals surface area contributed by atoms with Gasteiger partial charge in [0.1, 0.15) is 11.5 Å². The number of hydrogen-bond donors (Lipinski definition) is 2.